The number of aromatic nitrogens is 1. The maximum atomic E-state index is 13.7. The van der Waals surface area contributed by atoms with Gasteiger partial charge in [0, 0.05) is 21.4 Å². The van der Waals surface area contributed by atoms with Crippen LogP contribution in [0.15, 0.2) is 58.3 Å². The summed E-state index contributed by atoms with van der Waals surface area (Å²) in [5.74, 6) is -0.598. The lowest BCUT2D eigenvalue weighted by atomic mass is 10.1. The van der Waals surface area contributed by atoms with Crippen molar-refractivity contribution in [2.75, 3.05) is 6.61 Å². The van der Waals surface area contributed by atoms with Crippen LogP contribution in [0.25, 0.3) is 11.3 Å². The summed E-state index contributed by atoms with van der Waals surface area (Å²) in [5, 5.41) is 0.361. The SMILES string of the molecule is CCOCn1c(C(F)(F)F)cc(Sc2ccc(F)c(Cl)c2)c1-c1ccc(Cl)cc1. The lowest BCUT2D eigenvalue weighted by Gasteiger charge is -2.16. The van der Waals surface area contributed by atoms with Gasteiger partial charge in [0.15, 0.2) is 0 Å². The third kappa shape index (κ3) is 5.09. The maximum absolute atomic E-state index is 13.7. The molecule has 0 aliphatic heterocycles. The van der Waals surface area contributed by atoms with Crippen molar-refractivity contribution in [3.8, 4) is 11.3 Å². The predicted octanol–water partition coefficient (Wildman–Crippen LogP) is 7.77. The molecule has 3 aromatic rings. The molecule has 2 nitrogen and oxygen atoms in total. The summed E-state index contributed by atoms with van der Waals surface area (Å²) < 4.78 is 61.0. The molecule has 1 heterocycles. The first-order valence-corrected chi connectivity index (χ1v) is 10.0. The Morgan fingerprint density at radius 2 is 1.72 bits per heavy atom. The number of hydrogen-bond donors (Lipinski definition) is 0. The predicted molar refractivity (Wildman–Crippen MR) is 107 cm³/mol. The smallest absolute Gasteiger partial charge is 0.361 e. The van der Waals surface area contributed by atoms with Crippen molar-refractivity contribution in [2.45, 2.75) is 29.6 Å². The second-order valence-corrected chi connectivity index (χ2v) is 7.93. The number of ether oxygens (including phenoxy) is 1. The minimum Gasteiger partial charge on any atom is -0.361 e. The number of hydrogen-bond acceptors (Lipinski definition) is 2. The van der Waals surface area contributed by atoms with Crippen LogP contribution in [0.4, 0.5) is 17.6 Å². The van der Waals surface area contributed by atoms with Gasteiger partial charge >= 0.3 is 6.18 Å². The van der Waals surface area contributed by atoms with E-state index in [4.69, 9.17) is 27.9 Å². The number of alkyl halides is 3. The number of rotatable bonds is 6. The van der Waals surface area contributed by atoms with Crippen LogP contribution >= 0.6 is 35.0 Å². The van der Waals surface area contributed by atoms with Crippen molar-refractivity contribution in [1.29, 1.82) is 0 Å². The van der Waals surface area contributed by atoms with E-state index in [0.29, 0.717) is 26.1 Å². The highest BCUT2D eigenvalue weighted by molar-refractivity contribution is 7.99. The zero-order valence-corrected chi connectivity index (χ0v) is 17.4. The van der Waals surface area contributed by atoms with Crippen LogP contribution in [0.3, 0.4) is 0 Å². The summed E-state index contributed by atoms with van der Waals surface area (Å²) in [6.07, 6.45) is -4.59. The van der Waals surface area contributed by atoms with Gasteiger partial charge in [-0.25, -0.2) is 4.39 Å². The van der Waals surface area contributed by atoms with E-state index in [1.54, 1.807) is 31.2 Å². The Morgan fingerprint density at radius 3 is 2.31 bits per heavy atom. The van der Waals surface area contributed by atoms with Gasteiger partial charge in [0.05, 0.1) is 10.7 Å². The quantitative estimate of drug-likeness (QED) is 0.346. The zero-order valence-electron chi connectivity index (χ0n) is 15.1. The molecule has 0 atom stereocenters. The van der Waals surface area contributed by atoms with E-state index in [1.807, 2.05) is 0 Å². The summed E-state index contributed by atoms with van der Waals surface area (Å²) >= 11 is 12.8. The summed E-state index contributed by atoms with van der Waals surface area (Å²) in [6, 6.07) is 11.6. The van der Waals surface area contributed by atoms with Gasteiger partial charge in [-0.1, -0.05) is 47.1 Å². The molecule has 3 rings (SSSR count). The Labute approximate surface area is 179 Å². The second kappa shape index (κ2) is 9.00. The lowest BCUT2D eigenvalue weighted by molar-refractivity contribution is -0.145. The van der Waals surface area contributed by atoms with E-state index in [0.717, 1.165) is 22.4 Å². The highest BCUT2D eigenvalue weighted by Gasteiger charge is 2.37. The van der Waals surface area contributed by atoms with Crippen LogP contribution in [0.1, 0.15) is 12.6 Å². The van der Waals surface area contributed by atoms with Crippen molar-refractivity contribution in [3.63, 3.8) is 0 Å². The molecule has 29 heavy (non-hydrogen) atoms. The van der Waals surface area contributed by atoms with Crippen LogP contribution in [0.2, 0.25) is 10.0 Å². The molecule has 0 bridgehead atoms. The first kappa shape index (κ1) is 22.0. The first-order valence-electron chi connectivity index (χ1n) is 8.48. The van der Waals surface area contributed by atoms with E-state index in [-0.39, 0.29) is 18.4 Å². The van der Waals surface area contributed by atoms with Crippen LogP contribution in [0, 0.1) is 5.82 Å². The summed E-state index contributed by atoms with van der Waals surface area (Å²) in [7, 11) is 0. The van der Waals surface area contributed by atoms with E-state index in [9.17, 15) is 17.6 Å². The molecule has 0 fully saturated rings. The third-order valence-corrected chi connectivity index (χ3v) is 5.58. The van der Waals surface area contributed by atoms with E-state index < -0.39 is 17.7 Å². The van der Waals surface area contributed by atoms with Gasteiger partial charge in [0.1, 0.15) is 18.2 Å². The Kier molecular flexibility index (Phi) is 6.83. The average molecular weight is 464 g/mol. The lowest BCUT2D eigenvalue weighted by Crippen LogP contribution is -2.15. The fourth-order valence-corrected chi connectivity index (χ4v) is 4.16. The summed E-state index contributed by atoms with van der Waals surface area (Å²) in [4.78, 5) is 0.843. The van der Waals surface area contributed by atoms with Crippen LogP contribution in [-0.2, 0) is 17.6 Å². The van der Waals surface area contributed by atoms with E-state index >= 15 is 0 Å². The number of benzene rings is 2. The van der Waals surface area contributed by atoms with Crippen LogP contribution < -0.4 is 0 Å². The molecule has 154 valence electrons. The molecule has 0 saturated carbocycles. The highest BCUT2D eigenvalue weighted by atomic mass is 35.5. The Morgan fingerprint density at radius 1 is 1.03 bits per heavy atom. The van der Waals surface area contributed by atoms with Gasteiger partial charge in [-0.2, -0.15) is 13.2 Å². The molecule has 0 N–H and O–H groups in total. The molecule has 2 aromatic carbocycles. The minimum atomic E-state index is -4.59. The number of halogens is 6. The molecule has 0 unspecified atom stereocenters. The maximum Gasteiger partial charge on any atom is 0.431 e. The van der Waals surface area contributed by atoms with E-state index in [2.05, 4.69) is 0 Å². The van der Waals surface area contributed by atoms with Crippen LogP contribution in [0.5, 0.6) is 0 Å². The largest absolute Gasteiger partial charge is 0.431 e. The molecule has 1 aromatic heterocycles. The molecule has 0 aliphatic carbocycles. The molecule has 9 heteroatoms. The van der Waals surface area contributed by atoms with E-state index in [1.165, 1.54) is 18.2 Å². The fourth-order valence-electron chi connectivity index (χ4n) is 2.73. The number of nitrogens with zero attached hydrogens (tertiary/aromatic N) is 1. The van der Waals surface area contributed by atoms with Crippen molar-refractivity contribution in [2.24, 2.45) is 0 Å². The van der Waals surface area contributed by atoms with Gasteiger partial charge in [0.2, 0.25) is 0 Å². The Bertz CT molecular complexity index is 1000. The molecule has 0 spiro atoms. The Balaban J connectivity index is 2.18. The minimum absolute atomic E-state index is 0.104. The monoisotopic (exact) mass is 463 g/mol. The summed E-state index contributed by atoms with van der Waals surface area (Å²) in [5.41, 5.74) is 0.0276. The van der Waals surface area contributed by atoms with Gasteiger partial charge in [0.25, 0.3) is 0 Å². The van der Waals surface area contributed by atoms with Crippen molar-refractivity contribution >= 4 is 35.0 Å². The molecule has 0 aliphatic rings. The average Bonchev–Trinajstić information content (AvgIpc) is 3.02. The second-order valence-electron chi connectivity index (χ2n) is 5.97. The molecule has 0 amide bonds. The fraction of sp³-hybridized carbons (Fsp3) is 0.200. The standard InChI is InChI=1S/C20H15Cl2F4NOS/c1-2-28-11-27-18(20(24,25)26)10-17(19(27)12-3-5-13(21)6-4-12)29-14-7-8-16(23)15(22)9-14/h3-10H,2,11H2,1H3. The topological polar surface area (TPSA) is 14.2 Å². The third-order valence-electron chi connectivity index (χ3n) is 4.01. The molecule has 0 saturated heterocycles. The first-order chi connectivity index (χ1) is 13.7. The highest BCUT2D eigenvalue weighted by Crippen LogP contribution is 2.43. The van der Waals surface area contributed by atoms with Crippen molar-refractivity contribution in [1.82, 2.24) is 4.57 Å². The van der Waals surface area contributed by atoms with Crippen molar-refractivity contribution < 1.29 is 22.3 Å². The zero-order chi connectivity index (χ0) is 21.2. The van der Waals surface area contributed by atoms with Crippen molar-refractivity contribution in [3.05, 3.63) is 70.1 Å². The summed E-state index contributed by atoms with van der Waals surface area (Å²) in [6.45, 7) is 1.69. The van der Waals surface area contributed by atoms with Gasteiger partial charge < -0.3 is 9.30 Å². The normalized spacial score (nSPS) is 11.8. The Hall–Kier alpha value is -1.67. The molecular formula is C20H15Cl2F4NOS. The molecule has 0 radical (unpaired) electrons. The van der Waals surface area contributed by atoms with Crippen LogP contribution in [-0.4, -0.2) is 11.2 Å². The van der Waals surface area contributed by atoms with Gasteiger partial charge in [-0.15, -0.1) is 0 Å². The van der Waals surface area contributed by atoms with Gasteiger partial charge in [-0.3, -0.25) is 0 Å². The van der Waals surface area contributed by atoms with Gasteiger partial charge in [-0.05, 0) is 48.9 Å². The molecular weight excluding hydrogens is 449 g/mol.